The molecule has 1 aromatic carbocycles. The molecular weight excluding hydrogens is 279 g/mol. The van der Waals surface area contributed by atoms with Gasteiger partial charge in [0.15, 0.2) is 0 Å². The maximum Gasteiger partial charge on any atom is 0.259 e. The zero-order chi connectivity index (χ0) is 13.9. The molecule has 1 unspecified atom stereocenters. The number of methoxy groups -OCH3 is 1. The van der Waals surface area contributed by atoms with Gasteiger partial charge in [0.25, 0.3) is 5.91 Å². The third-order valence-electron chi connectivity index (χ3n) is 2.35. The second-order valence-electron chi connectivity index (χ2n) is 3.52. The molecule has 0 fully saturated rings. The molecule has 0 heterocycles. The van der Waals surface area contributed by atoms with E-state index in [-0.39, 0.29) is 5.75 Å². The summed E-state index contributed by atoms with van der Waals surface area (Å²) in [5, 5.41) is 1.53. The summed E-state index contributed by atoms with van der Waals surface area (Å²) in [5.41, 5.74) is 2.69. The van der Waals surface area contributed by atoms with Crippen molar-refractivity contribution >= 4 is 29.1 Å². The maximum absolute atomic E-state index is 11.9. The molecule has 8 heteroatoms. The second-order valence-corrected chi connectivity index (χ2v) is 4.34. The van der Waals surface area contributed by atoms with Crippen LogP contribution in [-0.4, -0.2) is 25.1 Å². The van der Waals surface area contributed by atoms with Gasteiger partial charge in [-0.25, -0.2) is 11.3 Å². The Hall–Kier alpha value is -1.05. The van der Waals surface area contributed by atoms with Crippen molar-refractivity contribution in [2.75, 3.05) is 14.2 Å². The van der Waals surface area contributed by atoms with Crippen LogP contribution in [0.25, 0.3) is 0 Å². The van der Waals surface area contributed by atoms with Gasteiger partial charge in [0.2, 0.25) is 0 Å². The molecule has 1 amide bonds. The number of hydrazine groups is 2. The molecule has 0 spiro atoms. The van der Waals surface area contributed by atoms with Crippen molar-refractivity contribution < 1.29 is 9.53 Å². The molecule has 0 saturated heterocycles. The maximum atomic E-state index is 11.9. The lowest BCUT2D eigenvalue weighted by molar-refractivity contribution is -0.132. The monoisotopic (exact) mass is 292 g/mol. The van der Waals surface area contributed by atoms with E-state index in [2.05, 4.69) is 5.43 Å². The third kappa shape index (κ3) is 2.85. The van der Waals surface area contributed by atoms with Crippen LogP contribution in [0.5, 0.6) is 5.75 Å². The average molecular weight is 293 g/mol. The van der Waals surface area contributed by atoms with Crippen molar-refractivity contribution in [2.45, 2.75) is 6.04 Å². The van der Waals surface area contributed by atoms with Gasteiger partial charge in [0, 0.05) is 17.6 Å². The number of nitrogens with zero attached hydrogens (tertiary/aromatic N) is 1. The molecule has 0 aliphatic rings. The largest absolute Gasteiger partial charge is 0.495 e. The molecule has 1 rings (SSSR count). The van der Waals surface area contributed by atoms with Crippen LogP contribution in [0.3, 0.4) is 0 Å². The number of rotatable bonds is 4. The molecule has 1 aromatic rings. The predicted molar refractivity (Wildman–Crippen MR) is 70.0 cm³/mol. The first-order valence-electron chi connectivity index (χ1n) is 4.94. The van der Waals surface area contributed by atoms with Gasteiger partial charge >= 0.3 is 0 Å². The van der Waals surface area contributed by atoms with E-state index in [9.17, 15) is 4.79 Å². The summed E-state index contributed by atoms with van der Waals surface area (Å²) in [6.07, 6.45) is 0. The smallest absolute Gasteiger partial charge is 0.259 e. The van der Waals surface area contributed by atoms with E-state index >= 15 is 0 Å². The number of hydrogen-bond donors (Lipinski definition) is 3. The molecule has 0 radical (unpaired) electrons. The van der Waals surface area contributed by atoms with Crippen molar-refractivity contribution in [1.82, 2.24) is 10.4 Å². The molecular formula is C10H14Cl2N4O2. The Bertz CT molecular complexity index is 454. The highest BCUT2D eigenvalue weighted by atomic mass is 35.5. The summed E-state index contributed by atoms with van der Waals surface area (Å²) in [5.74, 6) is 10.6. The number of halogens is 2. The first-order chi connectivity index (χ1) is 8.43. The number of carbonyl (C=O) groups is 1. The lowest BCUT2D eigenvalue weighted by atomic mass is 10.1. The molecule has 18 heavy (non-hydrogen) atoms. The number of amides is 1. The van der Waals surface area contributed by atoms with Crippen molar-refractivity contribution in [3.63, 3.8) is 0 Å². The number of nitrogens with one attached hydrogen (secondary N) is 1. The van der Waals surface area contributed by atoms with Gasteiger partial charge in [-0.1, -0.05) is 23.2 Å². The predicted octanol–water partition coefficient (Wildman–Crippen LogP) is 0.839. The van der Waals surface area contributed by atoms with Crippen LogP contribution in [0.2, 0.25) is 10.0 Å². The van der Waals surface area contributed by atoms with Crippen molar-refractivity contribution in [3.8, 4) is 5.75 Å². The molecule has 0 bridgehead atoms. The Balaban J connectivity index is 3.37. The van der Waals surface area contributed by atoms with Crippen molar-refractivity contribution in [1.29, 1.82) is 0 Å². The fourth-order valence-electron chi connectivity index (χ4n) is 1.51. The summed E-state index contributed by atoms with van der Waals surface area (Å²) in [7, 11) is 2.82. The van der Waals surface area contributed by atoms with Gasteiger partial charge in [0.05, 0.1) is 12.1 Å². The topological polar surface area (TPSA) is 93.6 Å². The number of benzene rings is 1. The van der Waals surface area contributed by atoms with Crippen LogP contribution < -0.4 is 21.8 Å². The Labute approximate surface area is 115 Å². The lowest BCUT2D eigenvalue weighted by Gasteiger charge is -2.22. The van der Waals surface area contributed by atoms with Gasteiger partial charge < -0.3 is 4.74 Å². The number of ether oxygens (including phenoxy) is 1. The van der Waals surface area contributed by atoms with Gasteiger partial charge in [-0.15, -0.1) is 0 Å². The summed E-state index contributed by atoms with van der Waals surface area (Å²) in [6, 6.07) is 2.17. The molecule has 0 aliphatic carbocycles. The van der Waals surface area contributed by atoms with E-state index in [0.717, 1.165) is 5.01 Å². The van der Waals surface area contributed by atoms with Crippen LogP contribution in [-0.2, 0) is 4.79 Å². The minimum atomic E-state index is -0.943. The number of nitrogens with two attached hydrogens (primary N) is 2. The lowest BCUT2D eigenvalue weighted by Crippen LogP contribution is -2.44. The van der Waals surface area contributed by atoms with E-state index in [4.69, 9.17) is 39.6 Å². The normalized spacial score (nSPS) is 12.1. The van der Waals surface area contributed by atoms with Gasteiger partial charge in [0.1, 0.15) is 11.8 Å². The standard InChI is InChI=1S/C10H14Cl2N4O2/c1-16(14)10(17)8(15-13)7-5(11)3-4-6(12)9(7)18-2/h3-4,8,15H,13-14H2,1-2H3. The fourth-order valence-corrected chi connectivity index (χ4v) is 2.01. The molecule has 0 aromatic heterocycles. The molecule has 0 aliphatic heterocycles. The van der Waals surface area contributed by atoms with Crippen LogP contribution in [0.4, 0.5) is 0 Å². The zero-order valence-corrected chi connectivity index (χ0v) is 11.4. The third-order valence-corrected chi connectivity index (χ3v) is 2.98. The highest BCUT2D eigenvalue weighted by Crippen LogP contribution is 2.38. The number of hydrogen-bond acceptors (Lipinski definition) is 5. The van der Waals surface area contributed by atoms with Gasteiger partial charge in [-0.2, -0.15) is 0 Å². The molecule has 0 saturated carbocycles. The summed E-state index contributed by atoms with van der Waals surface area (Å²) in [6.45, 7) is 0. The highest BCUT2D eigenvalue weighted by molar-refractivity contribution is 6.35. The quantitative estimate of drug-likeness (QED) is 0.434. The van der Waals surface area contributed by atoms with Crippen molar-refractivity contribution in [2.24, 2.45) is 11.7 Å². The SMILES string of the molecule is COc1c(Cl)ccc(Cl)c1C(NN)C(=O)N(C)N. The minimum Gasteiger partial charge on any atom is -0.495 e. The zero-order valence-electron chi connectivity index (χ0n) is 9.91. The Morgan fingerprint density at radius 1 is 1.44 bits per heavy atom. The molecule has 6 nitrogen and oxygen atoms in total. The summed E-state index contributed by atoms with van der Waals surface area (Å²) in [4.78, 5) is 11.9. The van der Waals surface area contributed by atoms with E-state index in [1.807, 2.05) is 0 Å². The molecule has 100 valence electrons. The second kappa shape index (κ2) is 6.21. The first-order valence-corrected chi connectivity index (χ1v) is 5.69. The summed E-state index contributed by atoms with van der Waals surface area (Å²) < 4.78 is 5.15. The summed E-state index contributed by atoms with van der Waals surface area (Å²) >= 11 is 12.0. The van der Waals surface area contributed by atoms with E-state index in [1.54, 1.807) is 12.1 Å². The van der Waals surface area contributed by atoms with Crippen molar-refractivity contribution in [3.05, 3.63) is 27.7 Å². The first kappa shape index (κ1) is 15.0. The number of carbonyl (C=O) groups excluding carboxylic acids is 1. The average Bonchev–Trinajstić information content (AvgIpc) is 2.34. The fraction of sp³-hybridized carbons (Fsp3) is 0.300. The van der Waals surface area contributed by atoms with Crippen LogP contribution >= 0.6 is 23.2 Å². The van der Waals surface area contributed by atoms with Crippen LogP contribution in [0, 0.1) is 0 Å². The Morgan fingerprint density at radius 2 is 2.00 bits per heavy atom. The molecule has 1 atom stereocenters. The number of likely N-dealkylation sites (N-methyl/N-ethyl adjacent to an activating group) is 1. The van der Waals surface area contributed by atoms with Crippen LogP contribution in [0.15, 0.2) is 12.1 Å². The van der Waals surface area contributed by atoms with E-state index < -0.39 is 11.9 Å². The Morgan fingerprint density at radius 3 is 2.44 bits per heavy atom. The minimum absolute atomic E-state index is 0.280. The van der Waals surface area contributed by atoms with E-state index in [0.29, 0.717) is 15.6 Å². The van der Waals surface area contributed by atoms with Gasteiger partial charge in [-0.3, -0.25) is 15.6 Å². The molecule has 5 N–H and O–H groups in total. The Kier molecular flexibility index (Phi) is 5.18. The highest BCUT2D eigenvalue weighted by Gasteiger charge is 2.28. The van der Waals surface area contributed by atoms with Crippen LogP contribution in [0.1, 0.15) is 11.6 Å². The van der Waals surface area contributed by atoms with E-state index in [1.165, 1.54) is 14.2 Å². The van der Waals surface area contributed by atoms with Gasteiger partial charge in [-0.05, 0) is 12.1 Å².